The second kappa shape index (κ2) is 11.7. The summed E-state index contributed by atoms with van der Waals surface area (Å²) in [5.41, 5.74) is 5.81. The highest BCUT2D eigenvalue weighted by atomic mass is 19.1. The van der Waals surface area contributed by atoms with Gasteiger partial charge in [0.2, 0.25) is 0 Å². The molecule has 2 fully saturated rings. The van der Waals surface area contributed by atoms with E-state index in [1.165, 1.54) is 5.69 Å². The molecule has 0 aliphatic carbocycles. The van der Waals surface area contributed by atoms with Gasteiger partial charge in [-0.25, -0.2) is 4.39 Å². The Morgan fingerprint density at radius 1 is 0.953 bits per heavy atom. The SMILES string of the molecule is CC[C@@H]1COc2cc(O)ccc2[C@@H]1c1ccc(N2CCC(CN3CCN(c4ccc5c(c4)CNC5=O)CC3)CC2)c(F)c1. The number of nitrogens with zero attached hydrogens (tertiary/aromatic N) is 3. The minimum absolute atomic E-state index is 0.0333. The second-order valence-corrected chi connectivity index (χ2v) is 12.6. The monoisotopic (exact) mass is 584 g/mol. The quantitative estimate of drug-likeness (QED) is 0.407. The van der Waals surface area contributed by atoms with Crippen molar-refractivity contribution >= 4 is 17.3 Å². The smallest absolute Gasteiger partial charge is 0.251 e. The third kappa shape index (κ3) is 5.53. The molecule has 7 nitrogen and oxygen atoms in total. The lowest BCUT2D eigenvalue weighted by molar-refractivity contribution is 0.0965. The van der Waals surface area contributed by atoms with Gasteiger partial charge >= 0.3 is 0 Å². The predicted octanol–water partition coefficient (Wildman–Crippen LogP) is 5.36. The number of fused-ring (bicyclic) bond motifs is 2. The molecule has 1 amide bonds. The number of hydrogen-bond donors (Lipinski definition) is 2. The number of anilines is 2. The van der Waals surface area contributed by atoms with Crippen molar-refractivity contribution in [3.8, 4) is 11.5 Å². The molecule has 3 aromatic carbocycles. The average Bonchev–Trinajstić information content (AvgIpc) is 3.41. The van der Waals surface area contributed by atoms with Crippen molar-refractivity contribution in [3.63, 3.8) is 0 Å². The number of carbonyl (C=O) groups excluding carboxylic acids is 1. The number of phenolic OH excluding ortho intramolecular Hbond substituents is 1. The summed E-state index contributed by atoms with van der Waals surface area (Å²) in [5, 5.41) is 12.8. The van der Waals surface area contributed by atoms with Crippen molar-refractivity contribution < 1.29 is 19.0 Å². The fourth-order valence-corrected chi connectivity index (χ4v) is 7.56. The van der Waals surface area contributed by atoms with Crippen LogP contribution in [0.1, 0.15) is 59.2 Å². The number of nitrogens with one attached hydrogen (secondary N) is 1. The predicted molar refractivity (Wildman–Crippen MR) is 167 cm³/mol. The number of amides is 1. The highest BCUT2D eigenvalue weighted by molar-refractivity contribution is 5.98. The number of benzene rings is 3. The first-order valence-electron chi connectivity index (χ1n) is 15.9. The molecule has 4 heterocycles. The van der Waals surface area contributed by atoms with Gasteiger partial charge in [-0.1, -0.05) is 19.1 Å². The van der Waals surface area contributed by atoms with E-state index in [2.05, 4.69) is 45.1 Å². The number of piperazine rings is 1. The number of phenols is 1. The summed E-state index contributed by atoms with van der Waals surface area (Å²) in [7, 11) is 0. The highest BCUT2D eigenvalue weighted by Gasteiger charge is 2.33. The molecule has 0 spiro atoms. The minimum Gasteiger partial charge on any atom is -0.508 e. The van der Waals surface area contributed by atoms with Gasteiger partial charge in [0, 0.05) is 87.1 Å². The van der Waals surface area contributed by atoms with Crippen molar-refractivity contribution in [1.82, 2.24) is 10.2 Å². The van der Waals surface area contributed by atoms with Gasteiger partial charge in [-0.3, -0.25) is 9.69 Å². The molecule has 8 heteroatoms. The third-order valence-corrected chi connectivity index (χ3v) is 10.1. The maximum absolute atomic E-state index is 15.7. The first-order chi connectivity index (χ1) is 21.0. The zero-order valence-corrected chi connectivity index (χ0v) is 24.9. The lowest BCUT2D eigenvalue weighted by Crippen LogP contribution is -2.49. The number of hydrogen-bond acceptors (Lipinski definition) is 6. The van der Waals surface area contributed by atoms with Gasteiger partial charge in [-0.15, -0.1) is 0 Å². The molecule has 0 saturated carbocycles. The van der Waals surface area contributed by atoms with Gasteiger partial charge in [0.05, 0.1) is 12.3 Å². The van der Waals surface area contributed by atoms with E-state index in [4.69, 9.17) is 4.74 Å². The van der Waals surface area contributed by atoms with E-state index in [1.807, 2.05) is 18.2 Å². The standard InChI is InChI=1S/C35H41FN4O3/c1-2-24-22-43-33-19-28(41)5-7-30(33)34(24)25-3-8-32(31(36)18-25)40-11-9-23(10-12-40)21-38-13-15-39(16-14-38)27-4-6-29-26(17-27)20-37-35(29)42/h3-8,17-19,23-24,34,41H,2,9-16,20-22H2,1H3,(H,37,42)/t24-,34+/m1/s1. The van der Waals surface area contributed by atoms with Gasteiger partial charge < -0.3 is 25.0 Å². The maximum atomic E-state index is 15.7. The van der Waals surface area contributed by atoms with E-state index in [-0.39, 0.29) is 29.3 Å². The molecule has 0 radical (unpaired) electrons. The Morgan fingerprint density at radius 3 is 2.53 bits per heavy atom. The molecule has 3 aromatic rings. The molecule has 0 bridgehead atoms. The minimum atomic E-state index is -0.152. The van der Waals surface area contributed by atoms with Gasteiger partial charge in [-0.2, -0.15) is 0 Å². The Labute approximate surface area is 253 Å². The maximum Gasteiger partial charge on any atom is 0.251 e. The van der Waals surface area contributed by atoms with Crippen LogP contribution in [0.4, 0.5) is 15.8 Å². The van der Waals surface area contributed by atoms with Gasteiger partial charge in [0.1, 0.15) is 17.3 Å². The number of ether oxygens (including phenoxy) is 1. The Hall–Kier alpha value is -3.78. The average molecular weight is 585 g/mol. The zero-order chi connectivity index (χ0) is 29.5. The Morgan fingerprint density at radius 2 is 1.77 bits per heavy atom. The molecular formula is C35H41FN4O3. The van der Waals surface area contributed by atoms with Crippen molar-refractivity contribution in [2.75, 3.05) is 62.2 Å². The second-order valence-electron chi connectivity index (χ2n) is 12.6. The first kappa shape index (κ1) is 28.0. The summed E-state index contributed by atoms with van der Waals surface area (Å²) in [4.78, 5) is 19.1. The van der Waals surface area contributed by atoms with Crippen LogP contribution < -0.4 is 19.9 Å². The molecule has 2 atom stereocenters. The van der Waals surface area contributed by atoms with Crippen molar-refractivity contribution in [3.05, 3.63) is 82.7 Å². The Kier molecular flexibility index (Phi) is 7.63. The molecule has 43 heavy (non-hydrogen) atoms. The van der Waals surface area contributed by atoms with E-state index < -0.39 is 0 Å². The molecule has 0 unspecified atom stereocenters. The van der Waals surface area contributed by atoms with Crippen LogP contribution in [0.2, 0.25) is 0 Å². The van der Waals surface area contributed by atoms with Crippen LogP contribution >= 0.6 is 0 Å². The normalized spacial score (nSPS) is 22.6. The van der Waals surface area contributed by atoms with Crippen LogP contribution in [0.15, 0.2) is 54.6 Å². The first-order valence-corrected chi connectivity index (χ1v) is 15.9. The van der Waals surface area contributed by atoms with Crippen LogP contribution in [0.3, 0.4) is 0 Å². The van der Waals surface area contributed by atoms with E-state index >= 15 is 4.39 Å². The van der Waals surface area contributed by atoms with Crippen molar-refractivity contribution in [2.45, 2.75) is 38.6 Å². The zero-order valence-electron chi connectivity index (χ0n) is 24.9. The lowest BCUT2D eigenvalue weighted by Gasteiger charge is -2.40. The number of aromatic hydroxyl groups is 1. The third-order valence-electron chi connectivity index (χ3n) is 10.1. The Bertz CT molecular complexity index is 1500. The number of piperidine rings is 1. The molecule has 0 aromatic heterocycles. The number of halogens is 1. The number of carbonyl (C=O) groups is 1. The molecular weight excluding hydrogens is 543 g/mol. The van der Waals surface area contributed by atoms with Crippen LogP contribution in [0.25, 0.3) is 0 Å². The van der Waals surface area contributed by atoms with Gasteiger partial charge in [0.15, 0.2) is 0 Å². The van der Waals surface area contributed by atoms with E-state index in [9.17, 15) is 9.90 Å². The Balaban J connectivity index is 0.938. The molecule has 4 aliphatic rings. The summed E-state index contributed by atoms with van der Waals surface area (Å²) in [6.45, 7) is 10.3. The lowest BCUT2D eigenvalue weighted by atomic mass is 9.78. The molecule has 226 valence electrons. The molecule has 7 rings (SSSR count). The molecule has 4 aliphatic heterocycles. The van der Waals surface area contributed by atoms with Crippen molar-refractivity contribution in [1.29, 1.82) is 0 Å². The highest BCUT2D eigenvalue weighted by Crippen LogP contribution is 2.44. The van der Waals surface area contributed by atoms with Crippen LogP contribution in [-0.2, 0) is 6.54 Å². The fourth-order valence-electron chi connectivity index (χ4n) is 7.56. The summed E-state index contributed by atoms with van der Waals surface area (Å²) in [5.74, 6) is 1.70. The number of rotatable bonds is 6. The summed E-state index contributed by atoms with van der Waals surface area (Å²) >= 11 is 0. The summed E-state index contributed by atoms with van der Waals surface area (Å²) < 4.78 is 21.6. The van der Waals surface area contributed by atoms with Crippen LogP contribution in [-0.4, -0.2) is 68.3 Å². The van der Waals surface area contributed by atoms with E-state index in [0.717, 1.165) is 87.3 Å². The van der Waals surface area contributed by atoms with Crippen LogP contribution in [0.5, 0.6) is 11.5 Å². The molecule has 2 saturated heterocycles. The van der Waals surface area contributed by atoms with E-state index in [0.29, 0.717) is 30.5 Å². The fraction of sp³-hybridized carbons (Fsp3) is 0.457. The van der Waals surface area contributed by atoms with Gasteiger partial charge in [-0.05, 0) is 72.7 Å². The van der Waals surface area contributed by atoms with Crippen LogP contribution in [0, 0.1) is 17.7 Å². The summed E-state index contributed by atoms with van der Waals surface area (Å²) in [6.07, 6.45) is 3.08. The van der Waals surface area contributed by atoms with Gasteiger partial charge in [0.25, 0.3) is 5.91 Å². The van der Waals surface area contributed by atoms with E-state index in [1.54, 1.807) is 18.2 Å². The largest absolute Gasteiger partial charge is 0.508 e. The molecule has 2 N–H and O–H groups in total. The summed E-state index contributed by atoms with van der Waals surface area (Å²) in [6, 6.07) is 17.3. The topological polar surface area (TPSA) is 68.3 Å². The van der Waals surface area contributed by atoms with Crippen molar-refractivity contribution in [2.24, 2.45) is 11.8 Å².